The highest BCUT2D eigenvalue weighted by molar-refractivity contribution is 7.80. The molecule has 0 aromatic heterocycles. The molecule has 5 aromatic carbocycles. The molecule has 286 valence electrons. The fraction of sp³-hybridized carbons (Fsp3) is 0.298. The van der Waals surface area contributed by atoms with Crippen molar-refractivity contribution < 1.29 is 33.3 Å². The molecule has 5 aromatic rings. The Balaban J connectivity index is 0.993. The van der Waals surface area contributed by atoms with Crippen molar-refractivity contribution in [1.82, 2.24) is 0 Å². The van der Waals surface area contributed by atoms with E-state index < -0.39 is 6.16 Å². The van der Waals surface area contributed by atoms with Crippen molar-refractivity contribution in [3.8, 4) is 23.0 Å². The molecule has 0 saturated heterocycles. The third kappa shape index (κ3) is 12.1. The highest BCUT2D eigenvalue weighted by Crippen LogP contribution is 2.34. The Morgan fingerprint density at radius 2 is 0.727 bits per heavy atom. The highest BCUT2D eigenvalue weighted by atomic mass is 32.1. The molecule has 0 atom stereocenters. The van der Waals surface area contributed by atoms with E-state index >= 15 is 0 Å². The first-order valence-corrected chi connectivity index (χ1v) is 19.3. The van der Waals surface area contributed by atoms with Crippen molar-refractivity contribution in [1.29, 1.82) is 0 Å². The van der Waals surface area contributed by atoms with E-state index in [1.54, 1.807) is 48.5 Å². The third-order valence-corrected chi connectivity index (χ3v) is 10.2. The van der Waals surface area contributed by atoms with Gasteiger partial charge in [0.15, 0.2) is 0 Å². The van der Waals surface area contributed by atoms with Gasteiger partial charge < -0.3 is 18.9 Å². The van der Waals surface area contributed by atoms with E-state index in [-0.39, 0.29) is 22.8 Å². The zero-order valence-corrected chi connectivity index (χ0v) is 33.0. The molecule has 0 radical (unpaired) electrons. The van der Waals surface area contributed by atoms with Gasteiger partial charge in [0, 0.05) is 28.6 Å². The fourth-order valence-electron chi connectivity index (χ4n) is 6.35. The zero-order chi connectivity index (χ0) is 39.3. The second-order valence-electron chi connectivity index (χ2n) is 14.7. The maximum absolute atomic E-state index is 12.6. The number of rotatable bonds is 17. The average molecular weight is 759 g/mol. The van der Waals surface area contributed by atoms with Gasteiger partial charge in [0.1, 0.15) is 23.0 Å². The van der Waals surface area contributed by atoms with Gasteiger partial charge in [0.25, 0.3) is 0 Å². The van der Waals surface area contributed by atoms with E-state index in [0.29, 0.717) is 35.8 Å². The van der Waals surface area contributed by atoms with E-state index in [9.17, 15) is 14.4 Å². The van der Waals surface area contributed by atoms with Crippen LogP contribution in [0.1, 0.15) is 101 Å². The SMILES string of the molecule is CC(C)(c1ccccc1)c1ccc(OC(=O)Oc2ccc(C(C)(C)c3ccc(OC(=O)CCCCCCCCC(=O)Oc4ccc(S)cc4)cc3)cc2)cc1. The predicted molar refractivity (Wildman–Crippen MR) is 219 cm³/mol. The van der Waals surface area contributed by atoms with E-state index in [1.807, 2.05) is 66.7 Å². The van der Waals surface area contributed by atoms with E-state index in [1.165, 1.54) is 5.56 Å². The van der Waals surface area contributed by atoms with Crippen LogP contribution in [0.3, 0.4) is 0 Å². The summed E-state index contributed by atoms with van der Waals surface area (Å²) in [7, 11) is 0. The lowest BCUT2D eigenvalue weighted by atomic mass is 9.78. The smallest absolute Gasteiger partial charge is 0.427 e. The van der Waals surface area contributed by atoms with Crippen LogP contribution in [0.5, 0.6) is 23.0 Å². The number of esters is 2. The standard InChI is InChI=1S/C47H50O7S/c1-46(2,34-14-10-9-11-15-34)35-20-26-40(27-21-35)53-45(50)54-41-28-22-37(23-29-41)47(3,4)36-18-24-38(25-19-36)51-43(48)16-12-7-5-6-8-13-17-44(49)52-39-30-32-42(55)33-31-39/h9-11,14-15,18-33,55H,5-8,12-13,16-17H2,1-4H3. The van der Waals surface area contributed by atoms with Crippen LogP contribution >= 0.6 is 12.6 Å². The molecule has 0 unspecified atom stereocenters. The number of hydrogen-bond acceptors (Lipinski definition) is 8. The van der Waals surface area contributed by atoms with E-state index in [0.717, 1.165) is 60.1 Å². The Bertz CT molecular complexity index is 1980. The molecule has 0 aliphatic carbocycles. The van der Waals surface area contributed by atoms with Crippen LogP contribution in [0.2, 0.25) is 0 Å². The molecule has 0 amide bonds. The second kappa shape index (κ2) is 19.3. The molecule has 8 heteroatoms. The van der Waals surface area contributed by atoms with Gasteiger partial charge in [-0.25, -0.2) is 4.79 Å². The van der Waals surface area contributed by atoms with Gasteiger partial charge in [0.2, 0.25) is 0 Å². The number of thiol groups is 1. The zero-order valence-electron chi connectivity index (χ0n) is 32.1. The molecule has 0 heterocycles. The van der Waals surface area contributed by atoms with Crippen LogP contribution in [0, 0.1) is 0 Å². The number of hydrogen-bond donors (Lipinski definition) is 1. The molecule has 0 saturated carbocycles. The maximum Gasteiger partial charge on any atom is 0.519 e. The van der Waals surface area contributed by atoms with Crippen molar-refractivity contribution in [3.63, 3.8) is 0 Å². The lowest BCUT2D eigenvalue weighted by Crippen LogP contribution is -2.19. The summed E-state index contributed by atoms with van der Waals surface area (Å²) in [5.41, 5.74) is 3.81. The van der Waals surface area contributed by atoms with Gasteiger partial charge in [-0.1, -0.05) is 120 Å². The summed E-state index contributed by atoms with van der Waals surface area (Å²) >= 11 is 4.23. The van der Waals surface area contributed by atoms with Crippen molar-refractivity contribution in [2.24, 2.45) is 0 Å². The van der Waals surface area contributed by atoms with Crippen molar-refractivity contribution in [2.45, 2.75) is 94.8 Å². The van der Waals surface area contributed by atoms with Crippen LogP contribution in [0.15, 0.2) is 132 Å². The van der Waals surface area contributed by atoms with Gasteiger partial charge in [-0.2, -0.15) is 0 Å². The van der Waals surface area contributed by atoms with Gasteiger partial charge in [-0.3, -0.25) is 9.59 Å². The first-order valence-electron chi connectivity index (χ1n) is 18.9. The molecule has 0 fully saturated rings. The van der Waals surface area contributed by atoms with E-state index in [2.05, 4.69) is 52.5 Å². The van der Waals surface area contributed by atoms with Gasteiger partial charge >= 0.3 is 18.1 Å². The quantitative estimate of drug-likeness (QED) is 0.0332. The maximum atomic E-state index is 12.6. The summed E-state index contributed by atoms with van der Waals surface area (Å²) in [5, 5.41) is 0. The summed E-state index contributed by atoms with van der Waals surface area (Å²) < 4.78 is 21.9. The molecular weight excluding hydrogens is 709 g/mol. The molecule has 0 aliphatic heterocycles. The Hall–Kier alpha value is -5.34. The van der Waals surface area contributed by atoms with Crippen molar-refractivity contribution in [2.75, 3.05) is 0 Å². The molecule has 5 rings (SSSR count). The van der Waals surface area contributed by atoms with Crippen LogP contribution in [-0.2, 0) is 20.4 Å². The monoisotopic (exact) mass is 758 g/mol. The van der Waals surface area contributed by atoms with Crippen molar-refractivity contribution >= 4 is 30.7 Å². The number of unbranched alkanes of at least 4 members (excludes halogenated alkanes) is 5. The average Bonchev–Trinajstić information content (AvgIpc) is 3.17. The lowest BCUT2D eigenvalue weighted by molar-refractivity contribution is -0.135. The minimum absolute atomic E-state index is 0.198. The summed E-state index contributed by atoms with van der Waals surface area (Å²) in [6.45, 7) is 8.54. The molecule has 0 bridgehead atoms. The number of benzene rings is 5. The molecule has 0 N–H and O–H groups in total. The first-order chi connectivity index (χ1) is 26.4. The highest BCUT2D eigenvalue weighted by Gasteiger charge is 2.25. The number of carbonyl (C=O) groups is 3. The fourth-order valence-corrected chi connectivity index (χ4v) is 6.49. The molecule has 0 spiro atoms. The van der Waals surface area contributed by atoms with Crippen LogP contribution in [0.4, 0.5) is 4.79 Å². The normalized spacial score (nSPS) is 11.4. The molecule has 55 heavy (non-hydrogen) atoms. The summed E-state index contributed by atoms with van der Waals surface area (Å²) in [4.78, 5) is 37.9. The Labute approximate surface area is 330 Å². The van der Waals surface area contributed by atoms with Gasteiger partial charge in [0.05, 0.1) is 0 Å². The lowest BCUT2D eigenvalue weighted by Gasteiger charge is -2.26. The minimum Gasteiger partial charge on any atom is -0.427 e. The Kier molecular flexibility index (Phi) is 14.3. The third-order valence-electron chi connectivity index (χ3n) is 9.94. The topological polar surface area (TPSA) is 88.1 Å². The number of ether oxygens (including phenoxy) is 4. The molecular formula is C47H50O7S. The largest absolute Gasteiger partial charge is 0.519 e. The van der Waals surface area contributed by atoms with Gasteiger partial charge in [-0.05, 0) is 95.8 Å². The Morgan fingerprint density at radius 1 is 0.418 bits per heavy atom. The van der Waals surface area contributed by atoms with E-state index in [4.69, 9.17) is 18.9 Å². The second-order valence-corrected chi connectivity index (χ2v) is 15.2. The summed E-state index contributed by atoms with van der Waals surface area (Å²) in [6, 6.07) is 39.7. The number of carbonyl (C=O) groups excluding carboxylic acids is 3. The van der Waals surface area contributed by atoms with Crippen LogP contribution in [0.25, 0.3) is 0 Å². The van der Waals surface area contributed by atoms with Crippen LogP contribution in [-0.4, -0.2) is 18.1 Å². The van der Waals surface area contributed by atoms with Crippen LogP contribution < -0.4 is 18.9 Å². The van der Waals surface area contributed by atoms with Crippen molar-refractivity contribution in [3.05, 3.63) is 150 Å². The summed E-state index contributed by atoms with van der Waals surface area (Å²) in [5.74, 6) is 1.35. The first kappa shape index (κ1) is 40.8. The molecule has 7 nitrogen and oxygen atoms in total. The van der Waals surface area contributed by atoms with Gasteiger partial charge in [-0.15, -0.1) is 12.6 Å². The predicted octanol–water partition coefficient (Wildman–Crippen LogP) is 11.8. The summed E-state index contributed by atoms with van der Waals surface area (Å²) in [6.07, 6.45) is 5.32. The Morgan fingerprint density at radius 3 is 1.11 bits per heavy atom. The minimum atomic E-state index is -0.809. The molecule has 0 aliphatic rings.